The van der Waals surface area contributed by atoms with E-state index in [1.54, 1.807) is 37.3 Å². The molecule has 0 spiro atoms. The van der Waals surface area contributed by atoms with Crippen LogP contribution in [0.5, 0.6) is 5.75 Å². The lowest BCUT2D eigenvalue weighted by Crippen LogP contribution is -2.36. The van der Waals surface area contributed by atoms with Crippen LogP contribution in [0.2, 0.25) is 0 Å². The molecule has 37 heavy (non-hydrogen) atoms. The average Bonchev–Trinajstić information content (AvgIpc) is 2.82. The van der Waals surface area contributed by atoms with Crippen LogP contribution in [0.25, 0.3) is 0 Å². The van der Waals surface area contributed by atoms with Crippen LogP contribution in [0.3, 0.4) is 0 Å². The van der Waals surface area contributed by atoms with Crippen molar-refractivity contribution in [2.24, 2.45) is 11.1 Å². The van der Waals surface area contributed by atoms with E-state index in [0.29, 0.717) is 39.2 Å². The highest BCUT2D eigenvalue weighted by molar-refractivity contribution is 9.10. The molecule has 0 fully saturated rings. The molecule has 8 nitrogen and oxygen atoms in total. The Morgan fingerprint density at radius 3 is 2.59 bits per heavy atom. The van der Waals surface area contributed by atoms with E-state index in [4.69, 9.17) is 19.9 Å². The Morgan fingerprint density at radius 2 is 1.89 bits per heavy atom. The summed E-state index contributed by atoms with van der Waals surface area (Å²) in [5.41, 5.74) is 7.47. The zero-order chi connectivity index (χ0) is 26.7. The number of hydrogen-bond acceptors (Lipinski definition) is 7. The minimum atomic E-state index is -0.879. The largest absolute Gasteiger partial charge is 0.483 e. The van der Waals surface area contributed by atoms with Crippen LogP contribution in [0, 0.1) is 5.41 Å². The lowest BCUT2D eigenvalue weighted by Gasteiger charge is -2.38. The third-order valence-electron chi connectivity index (χ3n) is 6.15. The van der Waals surface area contributed by atoms with Gasteiger partial charge in [0, 0.05) is 34.1 Å². The van der Waals surface area contributed by atoms with Crippen molar-refractivity contribution in [2.45, 2.75) is 39.5 Å². The first-order valence-electron chi connectivity index (χ1n) is 12.0. The number of halogens is 1. The maximum atomic E-state index is 13.5. The molecule has 1 amide bonds. The number of nitrogens with two attached hydrogens (primary N) is 1. The van der Waals surface area contributed by atoms with Crippen LogP contribution in [0.15, 0.2) is 75.8 Å². The summed E-state index contributed by atoms with van der Waals surface area (Å²) in [7, 11) is 0. The number of hydrogen-bond donors (Lipinski definition) is 2. The van der Waals surface area contributed by atoms with E-state index in [0.717, 1.165) is 0 Å². The highest BCUT2D eigenvalue weighted by atomic mass is 79.9. The van der Waals surface area contributed by atoms with Crippen LogP contribution in [-0.2, 0) is 23.9 Å². The van der Waals surface area contributed by atoms with E-state index in [9.17, 15) is 14.4 Å². The van der Waals surface area contributed by atoms with E-state index >= 15 is 0 Å². The second kappa shape index (κ2) is 10.8. The minimum absolute atomic E-state index is 0.0327. The van der Waals surface area contributed by atoms with Gasteiger partial charge in [0.05, 0.1) is 12.5 Å². The molecular weight excluding hydrogens is 540 g/mol. The first kappa shape index (κ1) is 26.5. The first-order chi connectivity index (χ1) is 17.6. The Morgan fingerprint density at radius 1 is 1.16 bits per heavy atom. The smallest absolute Gasteiger partial charge is 0.340 e. The van der Waals surface area contributed by atoms with Gasteiger partial charge in [-0.25, -0.2) is 4.79 Å². The summed E-state index contributed by atoms with van der Waals surface area (Å²) >= 11 is 3.48. The predicted molar refractivity (Wildman–Crippen MR) is 141 cm³/mol. The summed E-state index contributed by atoms with van der Waals surface area (Å²) in [5, 5.41) is 2.77. The summed E-state index contributed by atoms with van der Waals surface area (Å²) in [5.74, 6) is -1.40. The number of allylic oxidation sites excluding steroid dienone is 2. The molecule has 2 aromatic carbocycles. The molecule has 1 aliphatic carbocycles. The zero-order valence-corrected chi connectivity index (χ0v) is 22.5. The third kappa shape index (κ3) is 5.88. The van der Waals surface area contributed by atoms with E-state index in [1.165, 1.54) is 0 Å². The number of benzene rings is 2. The molecule has 0 radical (unpaired) electrons. The molecule has 9 heteroatoms. The number of ether oxygens (including phenoxy) is 3. The number of anilines is 1. The number of Topliss-reactive ketones (excluding diaryl/α,β-unsaturated/α-hetero) is 1. The topological polar surface area (TPSA) is 117 Å². The van der Waals surface area contributed by atoms with Crippen LogP contribution in [-0.4, -0.2) is 30.9 Å². The second-order valence-corrected chi connectivity index (χ2v) is 10.6. The van der Waals surface area contributed by atoms with Gasteiger partial charge in [-0.15, -0.1) is 0 Å². The van der Waals surface area contributed by atoms with E-state index in [1.807, 2.05) is 32.0 Å². The van der Waals surface area contributed by atoms with Crippen LogP contribution in [0.4, 0.5) is 5.69 Å². The first-order valence-corrected chi connectivity index (χ1v) is 12.8. The van der Waals surface area contributed by atoms with E-state index in [-0.39, 0.29) is 48.2 Å². The van der Waals surface area contributed by atoms with Crippen LogP contribution >= 0.6 is 15.9 Å². The molecule has 0 saturated heterocycles. The number of carbonyl (C=O) groups excluding carboxylic acids is 3. The van der Waals surface area contributed by atoms with Crippen molar-refractivity contribution >= 4 is 39.3 Å². The average molecular weight is 569 g/mol. The monoisotopic (exact) mass is 568 g/mol. The number of para-hydroxylation sites is 1. The molecule has 2 aromatic rings. The highest BCUT2D eigenvalue weighted by Crippen LogP contribution is 2.50. The standard InChI is InChI=1S/C28H29BrN2O6/c1-4-35-27(34)25-23(24-19(32)13-28(2,3)14-21(24)37-26(25)30)18-12-16(29)10-11-20(18)36-15-22(33)31-17-8-6-5-7-9-17/h5-12,23H,4,13-15,30H2,1-3H3,(H,31,33). The summed E-state index contributed by atoms with van der Waals surface area (Å²) in [4.78, 5) is 39.1. The van der Waals surface area contributed by atoms with Crippen molar-refractivity contribution in [2.75, 3.05) is 18.5 Å². The molecule has 1 heterocycles. The van der Waals surface area contributed by atoms with Gasteiger partial charge < -0.3 is 25.3 Å². The van der Waals surface area contributed by atoms with Gasteiger partial charge in [0.25, 0.3) is 5.91 Å². The van der Waals surface area contributed by atoms with Gasteiger partial charge >= 0.3 is 5.97 Å². The molecule has 194 valence electrons. The molecule has 0 aromatic heterocycles. The van der Waals surface area contributed by atoms with Gasteiger partial charge in [0.15, 0.2) is 12.4 Å². The zero-order valence-electron chi connectivity index (χ0n) is 20.9. The molecule has 1 atom stereocenters. The summed E-state index contributed by atoms with van der Waals surface area (Å²) in [6.45, 7) is 5.48. The van der Waals surface area contributed by atoms with Gasteiger partial charge in [-0.1, -0.05) is 48.0 Å². The van der Waals surface area contributed by atoms with E-state index < -0.39 is 11.9 Å². The molecule has 0 bridgehead atoms. The molecule has 4 rings (SSSR count). The maximum Gasteiger partial charge on any atom is 0.340 e. The number of esters is 1. The summed E-state index contributed by atoms with van der Waals surface area (Å²) in [6.07, 6.45) is 0.760. The van der Waals surface area contributed by atoms with Crippen molar-refractivity contribution in [1.82, 2.24) is 0 Å². The second-order valence-electron chi connectivity index (χ2n) is 9.70. The Hall–Kier alpha value is -3.59. The predicted octanol–water partition coefficient (Wildman–Crippen LogP) is 4.96. The van der Waals surface area contributed by atoms with E-state index in [2.05, 4.69) is 21.2 Å². The molecule has 1 aliphatic heterocycles. The number of amides is 1. The normalized spacial score (nSPS) is 18.6. The Balaban J connectivity index is 1.74. The Bertz CT molecular complexity index is 1300. The number of carbonyl (C=O) groups is 3. The highest BCUT2D eigenvalue weighted by Gasteiger charge is 2.46. The van der Waals surface area contributed by atoms with Gasteiger partial charge in [-0.2, -0.15) is 0 Å². The molecular formula is C28H29BrN2O6. The molecule has 2 aliphatic rings. The van der Waals surface area contributed by atoms with Crippen molar-refractivity contribution in [3.05, 3.63) is 81.4 Å². The Kier molecular flexibility index (Phi) is 7.73. The number of nitrogens with one attached hydrogen (secondary N) is 1. The van der Waals surface area contributed by atoms with Gasteiger partial charge in [-0.05, 0) is 42.7 Å². The Labute approximate surface area is 224 Å². The SMILES string of the molecule is CCOC(=O)C1=C(N)OC2=C(C(=O)CC(C)(C)C2)C1c1cc(Br)ccc1OCC(=O)Nc1ccccc1. The van der Waals surface area contributed by atoms with Crippen LogP contribution in [0.1, 0.15) is 45.1 Å². The quantitative estimate of drug-likeness (QED) is 0.453. The van der Waals surface area contributed by atoms with Crippen molar-refractivity contribution in [3.8, 4) is 5.75 Å². The van der Waals surface area contributed by atoms with Crippen LogP contribution < -0.4 is 15.8 Å². The number of rotatable bonds is 7. The fourth-order valence-corrected chi connectivity index (χ4v) is 5.02. The van der Waals surface area contributed by atoms with Crippen molar-refractivity contribution < 1.29 is 28.6 Å². The molecule has 0 saturated carbocycles. The molecule has 3 N–H and O–H groups in total. The molecule has 1 unspecified atom stereocenters. The maximum absolute atomic E-state index is 13.5. The number of ketones is 1. The summed E-state index contributed by atoms with van der Waals surface area (Å²) in [6, 6.07) is 14.2. The van der Waals surface area contributed by atoms with Crippen molar-refractivity contribution in [1.29, 1.82) is 0 Å². The minimum Gasteiger partial charge on any atom is -0.483 e. The third-order valence-corrected chi connectivity index (χ3v) is 6.64. The lowest BCUT2D eigenvalue weighted by atomic mass is 9.70. The fraction of sp³-hybridized carbons (Fsp3) is 0.321. The van der Waals surface area contributed by atoms with Gasteiger partial charge in [0.2, 0.25) is 5.88 Å². The fourth-order valence-electron chi connectivity index (χ4n) is 4.64. The van der Waals surface area contributed by atoms with Gasteiger partial charge in [0.1, 0.15) is 17.1 Å². The lowest BCUT2D eigenvalue weighted by molar-refractivity contribution is -0.139. The summed E-state index contributed by atoms with van der Waals surface area (Å²) < 4.78 is 17.8. The van der Waals surface area contributed by atoms with Crippen molar-refractivity contribution in [3.63, 3.8) is 0 Å². The van der Waals surface area contributed by atoms with Gasteiger partial charge in [-0.3, -0.25) is 9.59 Å².